The number of hydrogen-bond donors (Lipinski definition) is 1. The van der Waals surface area contributed by atoms with Crippen molar-refractivity contribution < 1.29 is 22.3 Å². The van der Waals surface area contributed by atoms with E-state index in [2.05, 4.69) is 9.71 Å². The lowest BCUT2D eigenvalue weighted by Crippen LogP contribution is -2.18. The van der Waals surface area contributed by atoms with Gasteiger partial charge >= 0.3 is 0 Å². The molecule has 0 aliphatic heterocycles. The number of sulfonamides is 1. The number of nitrogens with zero attached hydrogens (tertiary/aromatic N) is 2. The molecule has 0 amide bonds. The Hall–Kier alpha value is -2.85. The Balaban J connectivity index is 1.81. The molecule has 0 bridgehead atoms. The van der Waals surface area contributed by atoms with Crippen molar-refractivity contribution in [3.05, 3.63) is 59.4 Å². The molecule has 0 saturated heterocycles. The highest BCUT2D eigenvalue weighted by Crippen LogP contribution is 2.28. The molecular formula is C19H20FN3O4S2. The van der Waals surface area contributed by atoms with Crippen LogP contribution >= 0.6 is 11.3 Å². The second-order valence-electron chi connectivity index (χ2n) is 6.09. The SMILES string of the molecule is COc1ccc(CN(C)c2ccc(S(=O)(=O)Nc3nccs3)c(F)c2)c(OC)c1. The number of hydrogen-bond acceptors (Lipinski definition) is 7. The molecule has 3 aromatic rings. The zero-order valence-electron chi connectivity index (χ0n) is 16.0. The van der Waals surface area contributed by atoms with E-state index >= 15 is 0 Å². The van der Waals surface area contributed by atoms with Gasteiger partial charge in [0.05, 0.1) is 14.2 Å². The van der Waals surface area contributed by atoms with Gasteiger partial charge < -0.3 is 14.4 Å². The van der Waals surface area contributed by atoms with E-state index in [-0.39, 0.29) is 5.13 Å². The van der Waals surface area contributed by atoms with Gasteiger partial charge in [-0.25, -0.2) is 17.8 Å². The quantitative estimate of drug-likeness (QED) is 0.578. The van der Waals surface area contributed by atoms with Crippen molar-refractivity contribution in [1.82, 2.24) is 4.98 Å². The topological polar surface area (TPSA) is 80.8 Å². The van der Waals surface area contributed by atoms with Crippen LogP contribution in [0.3, 0.4) is 0 Å². The second-order valence-corrected chi connectivity index (χ2v) is 8.64. The summed E-state index contributed by atoms with van der Waals surface area (Å²) in [6, 6.07) is 9.42. The van der Waals surface area contributed by atoms with Gasteiger partial charge in [-0.3, -0.25) is 4.72 Å². The van der Waals surface area contributed by atoms with E-state index in [1.807, 2.05) is 12.1 Å². The molecule has 0 saturated carbocycles. The molecule has 1 aromatic heterocycles. The molecule has 29 heavy (non-hydrogen) atoms. The molecule has 0 aliphatic carbocycles. The molecule has 7 nitrogen and oxygen atoms in total. The van der Waals surface area contributed by atoms with E-state index in [4.69, 9.17) is 9.47 Å². The zero-order valence-corrected chi connectivity index (χ0v) is 17.7. The van der Waals surface area contributed by atoms with Crippen LogP contribution in [-0.2, 0) is 16.6 Å². The summed E-state index contributed by atoms with van der Waals surface area (Å²) in [5.74, 6) is 0.463. The molecular weight excluding hydrogens is 417 g/mol. The first-order valence-electron chi connectivity index (χ1n) is 8.48. The van der Waals surface area contributed by atoms with E-state index in [0.29, 0.717) is 23.7 Å². The Bertz CT molecular complexity index is 1090. The van der Waals surface area contributed by atoms with Gasteiger partial charge in [0.1, 0.15) is 22.2 Å². The van der Waals surface area contributed by atoms with Crippen LogP contribution in [0.25, 0.3) is 0 Å². The highest BCUT2D eigenvalue weighted by atomic mass is 32.2. The van der Waals surface area contributed by atoms with Gasteiger partial charge in [-0.1, -0.05) is 0 Å². The van der Waals surface area contributed by atoms with Crippen molar-refractivity contribution in [1.29, 1.82) is 0 Å². The maximum Gasteiger partial charge on any atom is 0.266 e. The van der Waals surface area contributed by atoms with Crippen molar-refractivity contribution in [2.45, 2.75) is 11.4 Å². The second kappa shape index (κ2) is 8.66. The summed E-state index contributed by atoms with van der Waals surface area (Å²) in [4.78, 5) is 5.21. The van der Waals surface area contributed by atoms with Crippen molar-refractivity contribution in [2.75, 3.05) is 30.9 Å². The Labute approximate surface area is 172 Å². The largest absolute Gasteiger partial charge is 0.497 e. The van der Waals surface area contributed by atoms with Crippen LogP contribution in [0.4, 0.5) is 15.2 Å². The minimum Gasteiger partial charge on any atom is -0.497 e. The fourth-order valence-electron chi connectivity index (χ4n) is 2.72. The number of ether oxygens (including phenoxy) is 2. The Kier molecular flexibility index (Phi) is 6.23. The van der Waals surface area contributed by atoms with Crippen molar-refractivity contribution in [3.8, 4) is 11.5 Å². The number of halogens is 1. The van der Waals surface area contributed by atoms with Gasteiger partial charge in [-0.15, -0.1) is 11.3 Å². The summed E-state index contributed by atoms with van der Waals surface area (Å²) in [6.07, 6.45) is 1.46. The van der Waals surface area contributed by atoms with Crippen LogP contribution in [0, 0.1) is 5.82 Å². The van der Waals surface area contributed by atoms with Gasteiger partial charge in [0, 0.05) is 42.5 Å². The lowest BCUT2D eigenvalue weighted by atomic mass is 10.1. The molecule has 1 N–H and O–H groups in total. The number of nitrogens with one attached hydrogen (secondary N) is 1. The number of benzene rings is 2. The number of anilines is 2. The van der Waals surface area contributed by atoms with Crippen LogP contribution in [0.2, 0.25) is 0 Å². The third-order valence-corrected chi connectivity index (χ3v) is 6.39. The maximum atomic E-state index is 14.6. The minimum atomic E-state index is -4.06. The van der Waals surface area contributed by atoms with Crippen LogP contribution in [0.15, 0.2) is 52.9 Å². The van der Waals surface area contributed by atoms with Gasteiger partial charge in [-0.05, 0) is 30.3 Å². The lowest BCUT2D eigenvalue weighted by molar-refractivity contribution is 0.391. The van der Waals surface area contributed by atoms with Crippen molar-refractivity contribution in [3.63, 3.8) is 0 Å². The van der Waals surface area contributed by atoms with Gasteiger partial charge in [0.15, 0.2) is 5.13 Å². The number of thiazole rings is 1. The summed E-state index contributed by atoms with van der Waals surface area (Å²) in [5, 5.41) is 1.80. The molecule has 0 fully saturated rings. The monoisotopic (exact) mass is 437 g/mol. The summed E-state index contributed by atoms with van der Waals surface area (Å²) >= 11 is 1.11. The molecule has 1 heterocycles. The normalized spacial score (nSPS) is 11.2. The molecule has 2 aromatic carbocycles. The third-order valence-electron chi connectivity index (χ3n) is 4.20. The number of aromatic nitrogens is 1. The predicted molar refractivity (Wildman–Crippen MR) is 111 cm³/mol. The molecule has 10 heteroatoms. The highest BCUT2D eigenvalue weighted by molar-refractivity contribution is 7.93. The highest BCUT2D eigenvalue weighted by Gasteiger charge is 2.21. The molecule has 0 atom stereocenters. The average Bonchev–Trinajstić information content (AvgIpc) is 3.20. The minimum absolute atomic E-state index is 0.178. The van der Waals surface area contributed by atoms with Crippen LogP contribution in [-0.4, -0.2) is 34.7 Å². The first-order chi connectivity index (χ1) is 13.8. The van der Waals surface area contributed by atoms with Crippen LogP contribution in [0.1, 0.15) is 5.56 Å². The first kappa shape index (κ1) is 20.9. The van der Waals surface area contributed by atoms with E-state index in [9.17, 15) is 12.8 Å². The molecule has 3 rings (SSSR count). The van der Waals surface area contributed by atoms with E-state index in [1.165, 1.54) is 18.3 Å². The Morgan fingerprint density at radius 2 is 1.97 bits per heavy atom. The van der Waals surface area contributed by atoms with Gasteiger partial charge in [0.25, 0.3) is 10.0 Å². The molecule has 154 valence electrons. The van der Waals surface area contributed by atoms with Crippen molar-refractivity contribution >= 4 is 32.2 Å². The van der Waals surface area contributed by atoms with Gasteiger partial charge in [-0.2, -0.15) is 0 Å². The lowest BCUT2D eigenvalue weighted by Gasteiger charge is -2.21. The smallest absolute Gasteiger partial charge is 0.266 e. The first-order valence-corrected chi connectivity index (χ1v) is 10.8. The third kappa shape index (κ3) is 4.77. The molecule has 0 unspecified atom stereocenters. The van der Waals surface area contributed by atoms with Crippen LogP contribution in [0.5, 0.6) is 11.5 Å². The fourth-order valence-corrected chi connectivity index (χ4v) is 4.57. The van der Waals surface area contributed by atoms with Crippen molar-refractivity contribution in [2.24, 2.45) is 0 Å². The van der Waals surface area contributed by atoms with E-state index in [1.54, 1.807) is 43.7 Å². The summed E-state index contributed by atoms with van der Waals surface area (Å²) < 4.78 is 52.3. The number of methoxy groups -OCH3 is 2. The molecule has 0 spiro atoms. The summed E-state index contributed by atoms with van der Waals surface area (Å²) in [7, 11) is 0.849. The van der Waals surface area contributed by atoms with E-state index < -0.39 is 20.7 Å². The molecule has 0 aliphatic rings. The average molecular weight is 438 g/mol. The number of rotatable bonds is 8. The standard InChI is InChI=1S/C19H20FN3O4S2/c1-23(12-13-4-6-15(26-2)11-17(13)27-3)14-5-7-18(16(20)10-14)29(24,25)22-19-21-8-9-28-19/h4-11H,12H2,1-3H3,(H,21,22). The zero-order chi connectivity index (χ0) is 21.0. The predicted octanol–water partition coefficient (Wildman–Crippen LogP) is 3.74. The molecule has 0 radical (unpaired) electrons. The maximum absolute atomic E-state index is 14.6. The Morgan fingerprint density at radius 1 is 1.17 bits per heavy atom. The fraction of sp³-hybridized carbons (Fsp3) is 0.211. The van der Waals surface area contributed by atoms with Crippen LogP contribution < -0.4 is 19.1 Å². The summed E-state index contributed by atoms with van der Waals surface area (Å²) in [6.45, 7) is 0.427. The summed E-state index contributed by atoms with van der Waals surface area (Å²) in [5.41, 5.74) is 1.40. The Morgan fingerprint density at radius 3 is 2.59 bits per heavy atom. The van der Waals surface area contributed by atoms with Gasteiger partial charge in [0.2, 0.25) is 0 Å². The van der Waals surface area contributed by atoms with E-state index in [0.717, 1.165) is 16.9 Å².